The second-order valence-corrected chi connectivity index (χ2v) is 9.39. The summed E-state index contributed by atoms with van der Waals surface area (Å²) in [4.78, 5) is 25.6. The van der Waals surface area contributed by atoms with E-state index in [9.17, 15) is 9.59 Å². The number of methoxy groups -OCH3 is 1. The van der Waals surface area contributed by atoms with Crippen molar-refractivity contribution in [2.75, 3.05) is 38.9 Å². The molecule has 0 spiro atoms. The van der Waals surface area contributed by atoms with Crippen LogP contribution in [0.15, 0.2) is 41.8 Å². The van der Waals surface area contributed by atoms with E-state index in [1.165, 1.54) is 17.4 Å². The molecule has 35 heavy (non-hydrogen) atoms. The summed E-state index contributed by atoms with van der Waals surface area (Å²) in [7, 11) is 1.60. The lowest BCUT2D eigenvalue weighted by molar-refractivity contribution is 0.0200. The zero-order chi connectivity index (χ0) is 25.4. The van der Waals surface area contributed by atoms with Crippen LogP contribution in [0.4, 0.5) is 5.69 Å². The molecule has 0 radical (unpaired) electrons. The summed E-state index contributed by atoms with van der Waals surface area (Å²) in [6, 6.07) is 9.93. The van der Waals surface area contributed by atoms with Gasteiger partial charge in [0.25, 0.3) is 11.8 Å². The fourth-order valence-corrected chi connectivity index (χ4v) is 4.71. The number of anilines is 1. The Kier molecular flexibility index (Phi) is 10.4. The summed E-state index contributed by atoms with van der Waals surface area (Å²) in [6.07, 6.45) is 0. The van der Waals surface area contributed by atoms with E-state index in [0.717, 1.165) is 0 Å². The molecule has 0 atom stereocenters. The third kappa shape index (κ3) is 7.41. The van der Waals surface area contributed by atoms with Gasteiger partial charge in [0.05, 0.1) is 49.3 Å². The average molecular weight is 558 g/mol. The van der Waals surface area contributed by atoms with Crippen LogP contribution in [0.3, 0.4) is 0 Å². The number of halogens is 3. The molecule has 1 aromatic heterocycles. The number of hydrogen-bond donors (Lipinski definition) is 2. The van der Waals surface area contributed by atoms with Gasteiger partial charge >= 0.3 is 0 Å². The molecule has 3 rings (SSSR count). The third-order valence-electron chi connectivity index (χ3n) is 4.83. The van der Waals surface area contributed by atoms with Crippen LogP contribution in [-0.2, 0) is 20.8 Å². The van der Waals surface area contributed by atoms with Gasteiger partial charge in [-0.2, -0.15) is 0 Å². The Balaban J connectivity index is 1.79. The van der Waals surface area contributed by atoms with Gasteiger partial charge in [-0.15, -0.1) is 11.3 Å². The van der Waals surface area contributed by atoms with E-state index in [0.29, 0.717) is 53.2 Å². The van der Waals surface area contributed by atoms with Crippen LogP contribution >= 0.6 is 46.1 Å². The van der Waals surface area contributed by atoms with Crippen LogP contribution in [0.25, 0.3) is 11.1 Å². The Morgan fingerprint density at radius 1 is 0.971 bits per heavy atom. The molecule has 3 aromatic rings. The first-order valence-corrected chi connectivity index (χ1v) is 12.4. The molecule has 2 aromatic carbocycles. The lowest BCUT2D eigenvalue weighted by Crippen LogP contribution is -2.19. The lowest BCUT2D eigenvalue weighted by Gasteiger charge is -2.15. The van der Waals surface area contributed by atoms with Crippen molar-refractivity contribution in [2.24, 2.45) is 5.73 Å². The molecular weight excluding hydrogens is 535 g/mol. The van der Waals surface area contributed by atoms with Crippen molar-refractivity contribution < 1.29 is 23.8 Å². The number of primary amides is 1. The molecule has 0 aliphatic heterocycles. The number of nitrogens with one attached hydrogen (secondary N) is 1. The molecule has 7 nitrogen and oxygen atoms in total. The zero-order valence-electron chi connectivity index (χ0n) is 18.7. The van der Waals surface area contributed by atoms with Crippen LogP contribution in [0.1, 0.15) is 25.6 Å². The third-order valence-corrected chi connectivity index (χ3v) is 6.87. The second-order valence-electron chi connectivity index (χ2n) is 7.26. The first kappa shape index (κ1) is 27.4. The largest absolute Gasteiger partial charge is 0.382 e. The van der Waals surface area contributed by atoms with E-state index in [1.54, 1.807) is 42.8 Å². The van der Waals surface area contributed by atoms with Crippen molar-refractivity contribution >= 4 is 63.6 Å². The van der Waals surface area contributed by atoms with Crippen LogP contribution in [0, 0.1) is 0 Å². The predicted octanol–water partition coefficient (Wildman–Crippen LogP) is 5.91. The van der Waals surface area contributed by atoms with Crippen molar-refractivity contribution in [3.8, 4) is 11.1 Å². The second kappa shape index (κ2) is 13.2. The van der Waals surface area contributed by atoms with Gasteiger partial charge in [0.2, 0.25) is 0 Å². The average Bonchev–Trinajstić information content (AvgIpc) is 3.20. The number of rotatable bonds is 12. The molecule has 2 amide bonds. The van der Waals surface area contributed by atoms with E-state index >= 15 is 0 Å². The number of carbonyl (C=O) groups is 2. The Morgan fingerprint density at radius 2 is 1.66 bits per heavy atom. The fourth-order valence-electron chi connectivity index (χ4n) is 3.14. The minimum Gasteiger partial charge on any atom is -0.382 e. The normalized spacial score (nSPS) is 11.0. The molecule has 0 aliphatic rings. The van der Waals surface area contributed by atoms with Crippen LogP contribution in [0.2, 0.25) is 15.1 Å². The van der Waals surface area contributed by atoms with E-state index < -0.39 is 11.8 Å². The maximum atomic E-state index is 13.2. The van der Waals surface area contributed by atoms with Gasteiger partial charge < -0.3 is 25.3 Å². The van der Waals surface area contributed by atoms with Gasteiger partial charge in [0.1, 0.15) is 4.88 Å². The minimum atomic E-state index is -0.739. The van der Waals surface area contributed by atoms with Gasteiger partial charge in [0.15, 0.2) is 0 Å². The number of benzene rings is 2. The highest BCUT2D eigenvalue weighted by Gasteiger charge is 2.22. The number of amides is 2. The standard InChI is InChI=1S/C24H23Cl3N2O5S/c1-32-6-7-33-8-9-34-12-15-13-35-22(20(15)27)24(31)29-21-18(14-2-4-16(25)5-3-14)10-17(26)11-19(21)23(28)30/h2-5,10-11,13H,6-9,12H2,1H3,(H2,28,30)(H,29,31). The highest BCUT2D eigenvalue weighted by molar-refractivity contribution is 7.13. The smallest absolute Gasteiger partial charge is 0.267 e. The summed E-state index contributed by atoms with van der Waals surface area (Å²) in [6.45, 7) is 2.01. The Morgan fingerprint density at radius 3 is 2.34 bits per heavy atom. The highest BCUT2D eigenvalue weighted by atomic mass is 35.5. The van der Waals surface area contributed by atoms with Crippen LogP contribution in [0.5, 0.6) is 0 Å². The molecule has 0 fully saturated rings. The molecule has 0 aliphatic carbocycles. The molecule has 0 saturated heterocycles. The molecule has 0 unspecified atom stereocenters. The lowest BCUT2D eigenvalue weighted by atomic mass is 9.99. The number of nitrogens with two attached hydrogens (primary N) is 1. The Hall–Kier alpha value is -2.17. The van der Waals surface area contributed by atoms with Crippen molar-refractivity contribution in [2.45, 2.75) is 6.61 Å². The summed E-state index contributed by atoms with van der Waals surface area (Å²) < 4.78 is 15.8. The van der Waals surface area contributed by atoms with Crippen LogP contribution in [-0.4, -0.2) is 45.4 Å². The first-order chi connectivity index (χ1) is 16.8. The van der Waals surface area contributed by atoms with Gasteiger partial charge in [-0.05, 0) is 35.2 Å². The molecule has 0 saturated carbocycles. The van der Waals surface area contributed by atoms with Crippen LogP contribution < -0.4 is 11.1 Å². The molecule has 186 valence electrons. The fraction of sp³-hybridized carbons (Fsp3) is 0.250. The topological polar surface area (TPSA) is 99.9 Å². The SMILES string of the molecule is COCCOCCOCc1csc(C(=O)Nc2c(C(N)=O)cc(Cl)cc2-c2ccc(Cl)cc2)c1Cl. The van der Waals surface area contributed by atoms with E-state index in [4.69, 9.17) is 54.7 Å². The summed E-state index contributed by atoms with van der Waals surface area (Å²) in [5.74, 6) is -1.23. The number of carbonyl (C=O) groups excluding carboxylic acids is 2. The van der Waals surface area contributed by atoms with Crippen molar-refractivity contribution in [3.63, 3.8) is 0 Å². The summed E-state index contributed by atoms with van der Waals surface area (Å²) >= 11 is 19.9. The maximum absolute atomic E-state index is 13.2. The molecular formula is C24H23Cl3N2O5S. The number of thiophene rings is 1. The molecule has 3 N–H and O–H groups in total. The Labute approximate surface area is 222 Å². The van der Waals surface area contributed by atoms with Crippen molar-refractivity contribution in [1.29, 1.82) is 0 Å². The van der Waals surface area contributed by atoms with Gasteiger partial charge in [-0.25, -0.2) is 0 Å². The monoisotopic (exact) mass is 556 g/mol. The van der Waals surface area contributed by atoms with Crippen molar-refractivity contribution in [1.82, 2.24) is 0 Å². The van der Waals surface area contributed by atoms with E-state index in [-0.39, 0.29) is 27.8 Å². The predicted molar refractivity (Wildman–Crippen MR) is 140 cm³/mol. The molecule has 1 heterocycles. The summed E-state index contributed by atoms with van der Waals surface area (Å²) in [5.41, 5.74) is 7.75. The number of hydrogen-bond acceptors (Lipinski definition) is 6. The van der Waals surface area contributed by atoms with Gasteiger partial charge in [-0.1, -0.05) is 46.9 Å². The minimum absolute atomic E-state index is 0.0699. The van der Waals surface area contributed by atoms with Crippen molar-refractivity contribution in [3.05, 3.63) is 72.9 Å². The maximum Gasteiger partial charge on any atom is 0.267 e. The zero-order valence-corrected chi connectivity index (χ0v) is 21.8. The van der Waals surface area contributed by atoms with E-state index in [1.807, 2.05) is 0 Å². The molecule has 11 heteroatoms. The Bertz CT molecular complexity index is 1180. The first-order valence-electron chi connectivity index (χ1n) is 10.4. The highest BCUT2D eigenvalue weighted by Crippen LogP contribution is 2.36. The van der Waals surface area contributed by atoms with Gasteiger partial charge in [0, 0.05) is 28.3 Å². The quantitative estimate of drug-likeness (QED) is 0.270. The number of ether oxygens (including phenoxy) is 3. The summed E-state index contributed by atoms with van der Waals surface area (Å²) in [5, 5.41) is 5.65. The van der Waals surface area contributed by atoms with Gasteiger partial charge in [-0.3, -0.25) is 9.59 Å². The molecule has 0 bridgehead atoms. The van der Waals surface area contributed by atoms with E-state index in [2.05, 4.69) is 5.32 Å².